The summed E-state index contributed by atoms with van der Waals surface area (Å²) in [6, 6.07) is 10.2. The third-order valence-electron chi connectivity index (χ3n) is 5.07. The number of hydrogen-bond acceptors (Lipinski definition) is 5. The van der Waals surface area contributed by atoms with E-state index in [4.69, 9.17) is 32.8 Å². The summed E-state index contributed by atoms with van der Waals surface area (Å²) >= 11 is 11.9. The van der Waals surface area contributed by atoms with E-state index in [1.165, 1.54) is 35.3 Å². The quantitative estimate of drug-likeness (QED) is 0.409. The van der Waals surface area contributed by atoms with Crippen molar-refractivity contribution in [2.75, 3.05) is 6.61 Å². The Morgan fingerprint density at radius 3 is 2.45 bits per heavy atom. The van der Waals surface area contributed by atoms with Crippen molar-refractivity contribution in [1.82, 2.24) is 9.78 Å². The number of ether oxygens (including phenoxy) is 1. The first kappa shape index (κ1) is 23.1. The normalized spacial score (nSPS) is 18.1. The van der Waals surface area contributed by atoms with E-state index in [0.717, 1.165) is 0 Å². The van der Waals surface area contributed by atoms with Crippen LogP contribution < -0.4 is 0 Å². The van der Waals surface area contributed by atoms with Crippen LogP contribution in [0.5, 0.6) is 0 Å². The maximum absolute atomic E-state index is 14.1. The van der Waals surface area contributed by atoms with Gasteiger partial charge in [0.05, 0.1) is 29.8 Å². The van der Waals surface area contributed by atoms with Gasteiger partial charge in [0.25, 0.3) is 5.60 Å². The summed E-state index contributed by atoms with van der Waals surface area (Å²) in [7, 11) is 0. The molecule has 0 saturated carbocycles. The number of alkyl halides is 3. The summed E-state index contributed by atoms with van der Waals surface area (Å²) in [5, 5.41) is 7.97. The molecule has 1 aromatic heterocycles. The van der Waals surface area contributed by atoms with Crippen molar-refractivity contribution in [3.05, 3.63) is 81.6 Å². The van der Waals surface area contributed by atoms with Crippen molar-refractivity contribution in [2.45, 2.75) is 25.1 Å². The zero-order valence-electron chi connectivity index (χ0n) is 17.1. The molecule has 172 valence electrons. The number of oxime groups is 1. The van der Waals surface area contributed by atoms with Crippen LogP contribution in [-0.2, 0) is 15.2 Å². The third kappa shape index (κ3) is 4.43. The van der Waals surface area contributed by atoms with E-state index in [9.17, 15) is 18.0 Å². The molecule has 4 rings (SSSR count). The van der Waals surface area contributed by atoms with Gasteiger partial charge in [0.15, 0.2) is 0 Å². The highest BCUT2D eigenvalue weighted by Crippen LogP contribution is 2.49. The summed E-state index contributed by atoms with van der Waals surface area (Å²) < 4.78 is 48.8. The number of halogens is 5. The summed E-state index contributed by atoms with van der Waals surface area (Å²) in [6.07, 6.45) is -2.46. The minimum atomic E-state index is -4.77. The Morgan fingerprint density at radius 2 is 1.85 bits per heavy atom. The van der Waals surface area contributed by atoms with E-state index in [2.05, 4.69) is 10.3 Å². The molecule has 11 heteroatoms. The van der Waals surface area contributed by atoms with E-state index in [0.29, 0.717) is 11.3 Å². The molecule has 0 radical (unpaired) electrons. The molecule has 2 heterocycles. The Labute approximate surface area is 196 Å². The number of carbonyl (C=O) groups excluding carboxylic acids is 1. The Hall–Kier alpha value is -3.04. The molecular weight excluding hydrogens is 482 g/mol. The van der Waals surface area contributed by atoms with E-state index in [-0.39, 0.29) is 33.5 Å². The average Bonchev–Trinajstić information content (AvgIpc) is 3.42. The van der Waals surface area contributed by atoms with Crippen LogP contribution in [0.4, 0.5) is 13.2 Å². The zero-order valence-corrected chi connectivity index (χ0v) is 18.6. The van der Waals surface area contributed by atoms with Crippen molar-refractivity contribution >= 4 is 34.9 Å². The highest BCUT2D eigenvalue weighted by molar-refractivity contribution is 6.34. The molecular formula is C22H16Cl2F3N3O3. The molecule has 0 spiro atoms. The first-order valence-corrected chi connectivity index (χ1v) is 10.5. The van der Waals surface area contributed by atoms with Crippen LogP contribution in [0.1, 0.15) is 34.8 Å². The highest BCUT2D eigenvalue weighted by Gasteiger charge is 2.62. The first-order chi connectivity index (χ1) is 15.6. The standard InChI is InChI=1S/C22H16Cl2F3N3O3/c1-2-32-20(31)14-11-28-30(12-14)18-5-3-13(4-6-18)19-10-21(33-29-19,22(25,26)27)15-7-16(23)9-17(24)8-15/h3-9,11-12H,2,10H2,1H3. The molecule has 0 fully saturated rings. The lowest BCUT2D eigenvalue weighted by molar-refractivity contribution is -0.275. The second kappa shape index (κ2) is 8.72. The number of esters is 1. The fraction of sp³-hybridized carbons (Fsp3) is 0.227. The molecule has 0 saturated heterocycles. The van der Waals surface area contributed by atoms with Crippen molar-refractivity contribution in [1.29, 1.82) is 0 Å². The van der Waals surface area contributed by atoms with Gasteiger partial charge in [0.1, 0.15) is 0 Å². The number of aromatic nitrogens is 2. The lowest BCUT2D eigenvalue weighted by Crippen LogP contribution is -2.42. The lowest BCUT2D eigenvalue weighted by Gasteiger charge is -2.29. The predicted molar refractivity (Wildman–Crippen MR) is 116 cm³/mol. The van der Waals surface area contributed by atoms with E-state index < -0.39 is 24.2 Å². The number of nitrogens with zero attached hydrogens (tertiary/aromatic N) is 3. The molecule has 1 aliphatic rings. The number of hydrogen-bond donors (Lipinski definition) is 0. The molecule has 2 aromatic carbocycles. The van der Waals surface area contributed by atoms with Crippen molar-refractivity contribution in [3.8, 4) is 5.69 Å². The molecule has 1 aliphatic heterocycles. The Balaban J connectivity index is 1.59. The van der Waals surface area contributed by atoms with E-state index >= 15 is 0 Å². The van der Waals surface area contributed by atoms with Crippen LogP contribution >= 0.6 is 23.2 Å². The maximum atomic E-state index is 14.1. The Kier molecular flexibility index (Phi) is 6.11. The molecule has 1 unspecified atom stereocenters. The van der Waals surface area contributed by atoms with E-state index in [1.807, 2.05) is 0 Å². The Bertz CT molecular complexity index is 1210. The molecule has 33 heavy (non-hydrogen) atoms. The van der Waals surface area contributed by atoms with Gasteiger partial charge in [-0.25, -0.2) is 9.48 Å². The monoisotopic (exact) mass is 497 g/mol. The number of rotatable bonds is 5. The first-order valence-electron chi connectivity index (χ1n) is 9.74. The molecule has 3 aromatic rings. The number of carbonyl (C=O) groups is 1. The van der Waals surface area contributed by atoms with Gasteiger partial charge in [-0.2, -0.15) is 18.3 Å². The summed E-state index contributed by atoms with van der Waals surface area (Å²) in [4.78, 5) is 16.8. The minimum Gasteiger partial charge on any atom is -0.462 e. The molecule has 6 nitrogen and oxygen atoms in total. The molecule has 0 N–H and O–H groups in total. The van der Waals surface area contributed by atoms with Gasteiger partial charge < -0.3 is 9.57 Å². The zero-order chi connectivity index (χ0) is 23.8. The van der Waals surface area contributed by atoms with E-state index in [1.54, 1.807) is 31.2 Å². The van der Waals surface area contributed by atoms with Gasteiger partial charge in [-0.1, -0.05) is 40.5 Å². The van der Waals surface area contributed by atoms with Crippen molar-refractivity contribution < 1.29 is 27.5 Å². The fourth-order valence-electron chi connectivity index (χ4n) is 3.44. The van der Waals surface area contributed by atoms with Crippen LogP contribution in [0.15, 0.2) is 60.0 Å². The van der Waals surface area contributed by atoms with Gasteiger partial charge in [0, 0.05) is 28.2 Å². The predicted octanol–water partition coefficient (Wildman–Crippen LogP) is 5.94. The lowest BCUT2D eigenvalue weighted by atomic mass is 9.86. The van der Waals surface area contributed by atoms with Gasteiger partial charge in [-0.15, -0.1) is 0 Å². The van der Waals surface area contributed by atoms with Gasteiger partial charge in [0.2, 0.25) is 0 Å². The van der Waals surface area contributed by atoms with Crippen LogP contribution in [0.25, 0.3) is 5.69 Å². The smallest absolute Gasteiger partial charge is 0.435 e. The summed E-state index contributed by atoms with van der Waals surface area (Å²) in [5.41, 5.74) is -1.50. The average molecular weight is 498 g/mol. The Morgan fingerprint density at radius 1 is 1.18 bits per heavy atom. The second-order valence-corrected chi connectivity index (χ2v) is 8.10. The largest absolute Gasteiger partial charge is 0.462 e. The van der Waals surface area contributed by atoms with Crippen LogP contribution in [-0.4, -0.2) is 34.2 Å². The summed E-state index contributed by atoms with van der Waals surface area (Å²) in [6.45, 7) is 1.94. The molecule has 0 amide bonds. The fourth-order valence-corrected chi connectivity index (χ4v) is 3.96. The van der Waals surface area contributed by atoms with Gasteiger partial charge in [-0.05, 0) is 42.8 Å². The summed E-state index contributed by atoms with van der Waals surface area (Å²) in [5.74, 6) is -0.498. The van der Waals surface area contributed by atoms with Gasteiger partial charge in [-0.3, -0.25) is 0 Å². The minimum absolute atomic E-state index is 0.0592. The maximum Gasteiger partial charge on any atom is 0.435 e. The van der Waals surface area contributed by atoms with Crippen molar-refractivity contribution in [3.63, 3.8) is 0 Å². The van der Waals surface area contributed by atoms with Crippen LogP contribution in [0.3, 0.4) is 0 Å². The number of benzene rings is 2. The third-order valence-corrected chi connectivity index (χ3v) is 5.51. The topological polar surface area (TPSA) is 65.7 Å². The molecule has 0 bridgehead atoms. The molecule has 1 atom stereocenters. The van der Waals surface area contributed by atoms with Crippen LogP contribution in [0.2, 0.25) is 10.0 Å². The van der Waals surface area contributed by atoms with Gasteiger partial charge >= 0.3 is 12.1 Å². The van der Waals surface area contributed by atoms with Crippen molar-refractivity contribution in [2.24, 2.45) is 5.16 Å². The highest BCUT2D eigenvalue weighted by atomic mass is 35.5. The van der Waals surface area contributed by atoms with Crippen LogP contribution in [0, 0.1) is 0 Å². The molecule has 0 aliphatic carbocycles. The SMILES string of the molecule is CCOC(=O)c1cnn(-c2ccc(C3=NOC(c4cc(Cl)cc(Cl)c4)(C(F)(F)F)C3)cc2)c1. The second-order valence-electron chi connectivity index (χ2n) is 7.23.